The third-order valence-electron chi connectivity index (χ3n) is 3.36. The number of hydrogen-bond acceptors (Lipinski definition) is 9. The number of nitro groups is 1. The van der Waals surface area contributed by atoms with Crippen LogP contribution in [0.15, 0.2) is 33.2 Å². The minimum atomic E-state index is -0.717. The van der Waals surface area contributed by atoms with Gasteiger partial charge < -0.3 is 10.2 Å². The number of rotatable bonds is 7. The smallest absolute Gasteiger partial charge is 0.276 e. The van der Waals surface area contributed by atoms with Crippen molar-refractivity contribution < 1.29 is 14.1 Å². The third kappa shape index (κ3) is 4.24. The molecule has 3 aromatic rings. The number of amides is 1. The topological polar surface area (TPSA) is 138 Å². The molecule has 0 atom stereocenters. The van der Waals surface area contributed by atoms with Crippen LogP contribution in [0.1, 0.15) is 32.5 Å². The van der Waals surface area contributed by atoms with Gasteiger partial charge >= 0.3 is 0 Å². The summed E-state index contributed by atoms with van der Waals surface area (Å²) in [6, 6.07) is 4.12. The normalized spacial score (nSPS) is 10.8. The third-order valence-corrected chi connectivity index (χ3v) is 5.05. The van der Waals surface area contributed by atoms with Crippen LogP contribution in [0.4, 0.5) is 5.69 Å². The summed E-state index contributed by atoms with van der Waals surface area (Å²) < 4.78 is 5.54. The van der Waals surface area contributed by atoms with Crippen molar-refractivity contribution in [3.8, 4) is 0 Å². The van der Waals surface area contributed by atoms with Crippen LogP contribution in [-0.4, -0.2) is 26.0 Å². The van der Waals surface area contributed by atoms with Gasteiger partial charge in [0.2, 0.25) is 11.8 Å². The van der Waals surface area contributed by atoms with E-state index in [1.54, 1.807) is 11.3 Å². The summed E-state index contributed by atoms with van der Waals surface area (Å²) in [4.78, 5) is 26.2. The van der Waals surface area contributed by atoms with Crippen molar-refractivity contribution in [1.82, 2.24) is 15.2 Å². The average molecular weight is 391 g/mol. The van der Waals surface area contributed by atoms with Crippen LogP contribution in [0, 0.1) is 17.0 Å². The first kappa shape index (κ1) is 18.0. The lowest BCUT2D eigenvalue weighted by Gasteiger charge is -2.02. The summed E-state index contributed by atoms with van der Waals surface area (Å²) in [5.41, 5.74) is 6.36. The molecule has 0 unspecified atom stereocenters. The van der Waals surface area contributed by atoms with Gasteiger partial charge in [0.1, 0.15) is 0 Å². The van der Waals surface area contributed by atoms with Gasteiger partial charge in [0, 0.05) is 28.3 Å². The standard InChI is InChI=1S/C15H13N5O4S2/c1-8-17-11(7-25-8)5-13-18-19-15(24-13)26-6-10-3-2-9(14(16)21)4-12(10)20(22)23/h2-4,7H,5-6H2,1H3,(H2,16,21). The molecule has 1 amide bonds. The molecule has 0 saturated heterocycles. The van der Waals surface area contributed by atoms with E-state index < -0.39 is 10.8 Å². The molecule has 0 fully saturated rings. The molecule has 0 saturated carbocycles. The first-order valence-corrected chi connectivity index (χ1v) is 9.22. The maximum absolute atomic E-state index is 11.2. The van der Waals surface area contributed by atoms with Gasteiger partial charge in [-0.1, -0.05) is 17.8 Å². The highest BCUT2D eigenvalue weighted by atomic mass is 32.2. The Bertz CT molecular complexity index is 969. The van der Waals surface area contributed by atoms with Gasteiger partial charge in [-0.05, 0) is 13.0 Å². The summed E-state index contributed by atoms with van der Waals surface area (Å²) in [7, 11) is 0. The lowest BCUT2D eigenvalue weighted by atomic mass is 10.1. The van der Waals surface area contributed by atoms with Gasteiger partial charge in [0.25, 0.3) is 10.9 Å². The van der Waals surface area contributed by atoms with E-state index in [0.29, 0.717) is 23.1 Å². The van der Waals surface area contributed by atoms with E-state index >= 15 is 0 Å². The van der Waals surface area contributed by atoms with E-state index in [4.69, 9.17) is 10.2 Å². The van der Waals surface area contributed by atoms with Crippen molar-refractivity contribution in [1.29, 1.82) is 0 Å². The maximum Gasteiger partial charge on any atom is 0.276 e. The van der Waals surface area contributed by atoms with Crippen molar-refractivity contribution in [2.45, 2.75) is 24.3 Å². The van der Waals surface area contributed by atoms with E-state index in [2.05, 4.69) is 15.2 Å². The number of nitrogens with zero attached hydrogens (tertiary/aromatic N) is 4. The second-order valence-electron chi connectivity index (χ2n) is 5.25. The second-order valence-corrected chi connectivity index (χ2v) is 7.24. The molecule has 0 aliphatic heterocycles. The molecular formula is C15H13N5O4S2. The Labute approximate surface area is 155 Å². The fourth-order valence-electron chi connectivity index (χ4n) is 2.16. The van der Waals surface area contributed by atoms with E-state index in [-0.39, 0.29) is 17.0 Å². The molecule has 0 aliphatic carbocycles. The largest absolute Gasteiger partial charge is 0.416 e. The van der Waals surface area contributed by atoms with Crippen LogP contribution in [0.25, 0.3) is 0 Å². The lowest BCUT2D eigenvalue weighted by molar-refractivity contribution is -0.385. The van der Waals surface area contributed by atoms with Crippen LogP contribution < -0.4 is 5.73 Å². The van der Waals surface area contributed by atoms with Crippen molar-refractivity contribution in [2.75, 3.05) is 0 Å². The number of thioether (sulfide) groups is 1. The number of benzene rings is 1. The number of carbonyl (C=O) groups is 1. The second kappa shape index (κ2) is 7.62. The minimum Gasteiger partial charge on any atom is -0.416 e. The van der Waals surface area contributed by atoms with Gasteiger partial charge in [-0.3, -0.25) is 14.9 Å². The first-order chi connectivity index (χ1) is 12.4. The van der Waals surface area contributed by atoms with Gasteiger partial charge in [-0.25, -0.2) is 4.98 Å². The summed E-state index contributed by atoms with van der Waals surface area (Å²) in [6.07, 6.45) is 0.436. The maximum atomic E-state index is 11.2. The molecule has 11 heteroatoms. The van der Waals surface area contributed by atoms with Crippen LogP contribution in [0.2, 0.25) is 0 Å². The molecule has 2 aromatic heterocycles. The molecule has 2 N–H and O–H groups in total. The molecule has 1 aromatic carbocycles. The van der Waals surface area contributed by atoms with E-state index in [1.807, 2.05) is 12.3 Å². The van der Waals surface area contributed by atoms with Crippen molar-refractivity contribution in [2.24, 2.45) is 5.73 Å². The molecule has 26 heavy (non-hydrogen) atoms. The highest BCUT2D eigenvalue weighted by molar-refractivity contribution is 7.98. The number of thiazole rings is 1. The van der Waals surface area contributed by atoms with Crippen molar-refractivity contribution in [3.05, 3.63) is 61.4 Å². The summed E-state index contributed by atoms with van der Waals surface area (Å²) in [5.74, 6) is -0.0465. The molecule has 0 radical (unpaired) electrons. The molecule has 0 bridgehead atoms. The quantitative estimate of drug-likeness (QED) is 0.368. The zero-order valence-electron chi connectivity index (χ0n) is 13.5. The highest BCUT2D eigenvalue weighted by Gasteiger charge is 2.18. The minimum absolute atomic E-state index is 0.0871. The van der Waals surface area contributed by atoms with Crippen LogP contribution in [0.3, 0.4) is 0 Å². The van der Waals surface area contributed by atoms with Crippen LogP contribution in [-0.2, 0) is 12.2 Å². The van der Waals surface area contributed by atoms with E-state index in [1.165, 1.54) is 30.0 Å². The van der Waals surface area contributed by atoms with E-state index in [0.717, 1.165) is 10.7 Å². The van der Waals surface area contributed by atoms with Crippen molar-refractivity contribution >= 4 is 34.7 Å². The van der Waals surface area contributed by atoms with Gasteiger partial charge in [-0.15, -0.1) is 21.5 Å². The Balaban J connectivity index is 1.69. The highest BCUT2D eigenvalue weighted by Crippen LogP contribution is 2.28. The number of nitrogens with two attached hydrogens (primary N) is 1. The van der Waals surface area contributed by atoms with Gasteiger partial charge in [0.15, 0.2) is 0 Å². The fraction of sp³-hybridized carbons (Fsp3) is 0.200. The molecule has 3 rings (SSSR count). The monoisotopic (exact) mass is 391 g/mol. The zero-order chi connectivity index (χ0) is 18.7. The Morgan fingerprint density at radius 2 is 2.23 bits per heavy atom. The van der Waals surface area contributed by atoms with Gasteiger partial charge in [-0.2, -0.15) is 0 Å². The number of nitro benzene ring substituents is 1. The summed E-state index contributed by atoms with van der Waals surface area (Å²) in [6.45, 7) is 1.92. The Kier molecular flexibility index (Phi) is 5.28. The number of hydrogen-bond donors (Lipinski definition) is 1. The predicted molar refractivity (Wildman–Crippen MR) is 95.1 cm³/mol. The number of primary amides is 1. The van der Waals surface area contributed by atoms with Gasteiger partial charge in [0.05, 0.1) is 22.0 Å². The fourth-order valence-corrected chi connectivity index (χ4v) is 3.55. The van der Waals surface area contributed by atoms with Crippen LogP contribution in [0.5, 0.6) is 0 Å². The summed E-state index contributed by atoms with van der Waals surface area (Å²) in [5, 5.41) is 22.3. The number of aromatic nitrogens is 3. The summed E-state index contributed by atoms with van der Waals surface area (Å²) >= 11 is 2.72. The molecule has 2 heterocycles. The predicted octanol–water partition coefficient (Wildman–Crippen LogP) is 2.72. The number of aryl methyl sites for hydroxylation is 1. The molecule has 0 spiro atoms. The molecular weight excluding hydrogens is 378 g/mol. The van der Waals surface area contributed by atoms with E-state index in [9.17, 15) is 14.9 Å². The SMILES string of the molecule is Cc1nc(Cc2nnc(SCc3ccc(C(N)=O)cc3[N+](=O)[O-])o2)cs1. The van der Waals surface area contributed by atoms with Crippen molar-refractivity contribution in [3.63, 3.8) is 0 Å². The average Bonchev–Trinajstić information content (AvgIpc) is 3.21. The molecule has 134 valence electrons. The molecule has 0 aliphatic rings. The molecule has 9 nitrogen and oxygen atoms in total. The Hall–Kier alpha value is -2.79. The Morgan fingerprint density at radius 1 is 1.42 bits per heavy atom. The number of carbonyl (C=O) groups excluding carboxylic acids is 1. The first-order valence-electron chi connectivity index (χ1n) is 7.35. The van der Waals surface area contributed by atoms with Crippen LogP contribution >= 0.6 is 23.1 Å². The lowest BCUT2D eigenvalue weighted by Crippen LogP contribution is -2.11. The Morgan fingerprint density at radius 3 is 2.88 bits per heavy atom. The zero-order valence-corrected chi connectivity index (χ0v) is 15.2.